The highest BCUT2D eigenvalue weighted by atomic mass is 16.6. The summed E-state index contributed by atoms with van der Waals surface area (Å²) in [5.41, 5.74) is 2.01. The fourth-order valence-electron chi connectivity index (χ4n) is 3.38. The van der Waals surface area contributed by atoms with E-state index in [4.69, 9.17) is 14.0 Å². The van der Waals surface area contributed by atoms with Crippen LogP contribution >= 0.6 is 0 Å². The van der Waals surface area contributed by atoms with Crippen LogP contribution in [0.15, 0.2) is 21.9 Å². The van der Waals surface area contributed by atoms with E-state index in [0.717, 1.165) is 18.5 Å². The fraction of sp³-hybridized carbons (Fsp3) is 0.704. The van der Waals surface area contributed by atoms with Gasteiger partial charge in [0.15, 0.2) is 5.78 Å². The number of nitrogens with one attached hydrogen (secondary N) is 3. The molecule has 1 aromatic rings. The van der Waals surface area contributed by atoms with E-state index in [1.165, 1.54) is 19.1 Å². The van der Waals surface area contributed by atoms with E-state index < -0.39 is 11.6 Å². The van der Waals surface area contributed by atoms with E-state index >= 15 is 0 Å². The molecule has 3 atom stereocenters. The zero-order chi connectivity index (χ0) is 28.7. The number of ether oxygens (including phenoxy) is 3. The second-order valence-electron chi connectivity index (χ2n) is 9.59. The van der Waals surface area contributed by atoms with Crippen LogP contribution in [-0.4, -0.2) is 81.5 Å². The van der Waals surface area contributed by atoms with Gasteiger partial charge in [-0.1, -0.05) is 32.3 Å². The molecule has 1 aliphatic carbocycles. The second kappa shape index (κ2) is 17.0. The van der Waals surface area contributed by atoms with Gasteiger partial charge in [0, 0.05) is 33.1 Å². The molecule has 3 rings (SSSR count). The number of allylic oxidation sites excluding steroid dienone is 1. The molecule has 11 nitrogen and oxygen atoms in total. The second-order valence-corrected chi connectivity index (χ2v) is 9.59. The lowest BCUT2D eigenvalue weighted by Crippen LogP contribution is -2.51. The topological polar surface area (TPSA) is 144 Å². The van der Waals surface area contributed by atoms with Crippen molar-refractivity contribution in [1.82, 2.24) is 21.1 Å². The Balaban J connectivity index is 0.00000110. The third-order valence-electron chi connectivity index (χ3n) is 5.53. The van der Waals surface area contributed by atoms with Gasteiger partial charge in [-0.2, -0.15) is 0 Å². The zero-order valence-corrected chi connectivity index (χ0v) is 24.2. The highest BCUT2D eigenvalue weighted by Gasteiger charge is 2.49. The average Bonchev–Trinajstić information content (AvgIpc) is 3.80. The van der Waals surface area contributed by atoms with Crippen molar-refractivity contribution < 1.29 is 33.1 Å². The van der Waals surface area contributed by atoms with Crippen LogP contribution in [-0.2, 0) is 35.0 Å². The van der Waals surface area contributed by atoms with Crippen molar-refractivity contribution in [2.75, 3.05) is 41.1 Å². The summed E-state index contributed by atoms with van der Waals surface area (Å²) in [6.45, 7) is 10.5. The molecule has 0 aromatic carbocycles. The number of aryl methyl sites for hydroxylation is 1. The molecule has 2 amide bonds. The number of epoxide rings is 1. The maximum atomic E-state index is 12.8. The third-order valence-corrected chi connectivity index (χ3v) is 5.53. The van der Waals surface area contributed by atoms with E-state index in [-0.39, 0.29) is 43.2 Å². The molecule has 0 radical (unpaired) electrons. The normalized spacial score (nSPS) is 18.5. The van der Waals surface area contributed by atoms with Gasteiger partial charge in [-0.25, -0.2) is 0 Å². The minimum atomic E-state index is -0.857. The molecule has 11 heteroatoms. The number of rotatable bonds is 13. The molecule has 2 aliphatic rings. The molecule has 2 fully saturated rings. The van der Waals surface area contributed by atoms with Crippen molar-refractivity contribution in [3.05, 3.63) is 28.8 Å². The lowest BCUT2D eigenvalue weighted by Gasteiger charge is -2.23. The van der Waals surface area contributed by atoms with Crippen molar-refractivity contribution >= 4 is 17.6 Å². The van der Waals surface area contributed by atoms with Crippen LogP contribution in [0.4, 0.5) is 0 Å². The van der Waals surface area contributed by atoms with Crippen LogP contribution in [0.1, 0.15) is 64.8 Å². The number of carbonyl (C=O) groups is 3. The van der Waals surface area contributed by atoms with E-state index in [1.807, 2.05) is 6.92 Å². The van der Waals surface area contributed by atoms with Crippen LogP contribution in [0.5, 0.6) is 0 Å². The Morgan fingerprint density at radius 2 is 1.71 bits per heavy atom. The summed E-state index contributed by atoms with van der Waals surface area (Å²) in [5.74, 6) is -0.291. The first-order valence-electron chi connectivity index (χ1n) is 13.1. The summed E-state index contributed by atoms with van der Waals surface area (Å²) in [6.07, 6.45) is 3.72. The summed E-state index contributed by atoms with van der Waals surface area (Å²) in [7, 11) is 4.71. The van der Waals surface area contributed by atoms with E-state index in [0.29, 0.717) is 24.5 Å². The number of ketones is 1. The molecule has 1 saturated carbocycles. The molecule has 2 unspecified atom stereocenters. The number of Topliss-reactive ketones (excluding diaryl/α,β-unsaturated/α-hetero) is 1. The van der Waals surface area contributed by atoms with Crippen molar-refractivity contribution in [3.63, 3.8) is 0 Å². The Hall–Kier alpha value is -2.76. The first kappa shape index (κ1) is 33.3. The number of hydrogen-bond acceptors (Lipinski definition) is 9. The van der Waals surface area contributed by atoms with Crippen LogP contribution in [0.3, 0.4) is 0 Å². The Kier molecular flexibility index (Phi) is 14.8. The summed E-state index contributed by atoms with van der Waals surface area (Å²) >= 11 is 0. The highest BCUT2D eigenvalue weighted by molar-refractivity contribution is 5.94. The summed E-state index contributed by atoms with van der Waals surface area (Å²) < 4.78 is 19.7. The fourth-order valence-corrected chi connectivity index (χ4v) is 3.38. The molecule has 0 bridgehead atoms. The Bertz CT molecular complexity index is 916. The minimum absolute atomic E-state index is 0.0215. The largest absolute Gasteiger partial charge is 0.388 e. The van der Waals surface area contributed by atoms with Crippen LogP contribution in [0.2, 0.25) is 0 Å². The predicted octanol–water partition coefficient (Wildman–Crippen LogP) is 2.23. The smallest absolute Gasteiger partial charge is 0.245 e. The van der Waals surface area contributed by atoms with Crippen molar-refractivity contribution in [1.29, 1.82) is 0 Å². The van der Waals surface area contributed by atoms with Crippen molar-refractivity contribution in [2.24, 2.45) is 0 Å². The number of carbonyl (C=O) groups excluding carboxylic acids is 3. The third kappa shape index (κ3) is 11.7. The number of hydrogen-bond donors (Lipinski definition) is 3. The molecule has 0 spiro atoms. The first-order valence-corrected chi connectivity index (χ1v) is 13.1. The standard InChI is InChI=1S/C22H32N4O6.C3H8.C2H6O/c1-5-16(20(28)22(3)12-31-22)24-17(14-6-7-14)10-23-21(29)18(11-30-4)25-19(27)9-15-8-13(2)26-32-15;2*1-3-2/h8,16,18,24H,5-7,9-12H2,1-4H3,(H,23,29)(H,25,27);3H2,1-2H3;1-2H3/t16?,18-,22?;;/m0../s1. The Labute approximate surface area is 226 Å². The first-order chi connectivity index (χ1) is 18.1. The van der Waals surface area contributed by atoms with Gasteiger partial charge in [0.05, 0.1) is 37.9 Å². The quantitative estimate of drug-likeness (QED) is 0.322. The average molecular weight is 539 g/mol. The lowest BCUT2D eigenvalue weighted by atomic mass is 9.98. The van der Waals surface area contributed by atoms with Gasteiger partial charge in [0.25, 0.3) is 0 Å². The van der Waals surface area contributed by atoms with Crippen molar-refractivity contribution in [3.8, 4) is 0 Å². The summed E-state index contributed by atoms with van der Waals surface area (Å²) in [5, 5.41) is 12.6. The van der Waals surface area contributed by atoms with Gasteiger partial charge >= 0.3 is 0 Å². The van der Waals surface area contributed by atoms with Gasteiger partial charge in [-0.05, 0) is 38.7 Å². The van der Waals surface area contributed by atoms with Gasteiger partial charge in [0.2, 0.25) is 11.8 Å². The molecule has 3 N–H and O–H groups in total. The van der Waals surface area contributed by atoms with Gasteiger partial charge < -0.3 is 34.7 Å². The van der Waals surface area contributed by atoms with E-state index in [9.17, 15) is 14.4 Å². The lowest BCUT2D eigenvalue weighted by molar-refractivity contribution is -0.130. The highest BCUT2D eigenvalue weighted by Crippen LogP contribution is 2.32. The van der Waals surface area contributed by atoms with Crippen LogP contribution in [0, 0.1) is 6.92 Å². The SMILES string of the molecule is CCC.CCC(NC(CNC(=O)[C@H](COC)NC(=O)Cc1cc(C)no1)=C1CC1)C(=O)C1(C)CO1.COC. The Morgan fingerprint density at radius 3 is 2.16 bits per heavy atom. The number of aromatic nitrogens is 1. The molecular weight excluding hydrogens is 492 g/mol. The van der Waals surface area contributed by atoms with E-state index in [1.54, 1.807) is 34.1 Å². The molecule has 38 heavy (non-hydrogen) atoms. The summed E-state index contributed by atoms with van der Waals surface area (Å²) in [6, 6.07) is 0.440. The van der Waals surface area contributed by atoms with Crippen LogP contribution < -0.4 is 16.0 Å². The molecule has 1 saturated heterocycles. The number of nitrogens with zero attached hydrogens (tertiary/aromatic N) is 1. The summed E-state index contributed by atoms with van der Waals surface area (Å²) in [4.78, 5) is 37.7. The predicted molar refractivity (Wildman–Crippen MR) is 143 cm³/mol. The maximum absolute atomic E-state index is 12.8. The molecule has 1 aromatic heterocycles. The number of methoxy groups -OCH3 is 2. The maximum Gasteiger partial charge on any atom is 0.245 e. The van der Waals surface area contributed by atoms with Crippen molar-refractivity contribution in [2.45, 2.75) is 84.4 Å². The zero-order valence-electron chi connectivity index (χ0n) is 24.2. The Morgan fingerprint density at radius 1 is 1.11 bits per heavy atom. The molecule has 1 aliphatic heterocycles. The molecular formula is C27H46N4O7. The van der Waals surface area contributed by atoms with Gasteiger partial charge in [0.1, 0.15) is 17.4 Å². The molecule has 216 valence electrons. The van der Waals surface area contributed by atoms with Crippen LogP contribution in [0.25, 0.3) is 0 Å². The monoisotopic (exact) mass is 538 g/mol. The van der Waals surface area contributed by atoms with Gasteiger partial charge in [-0.15, -0.1) is 0 Å². The molecule has 2 heterocycles. The van der Waals surface area contributed by atoms with E-state index in [2.05, 4.69) is 39.7 Å². The van der Waals surface area contributed by atoms with Gasteiger partial charge in [-0.3, -0.25) is 14.4 Å². The number of amides is 2. The minimum Gasteiger partial charge on any atom is -0.388 e.